The molecule has 0 bridgehead atoms. The Labute approximate surface area is 258 Å². The lowest BCUT2D eigenvalue weighted by Crippen LogP contribution is -2.74. The number of hydrogen-bond donors (Lipinski definition) is 1. The van der Waals surface area contributed by atoms with Gasteiger partial charge in [-0.1, -0.05) is 180 Å². The molecule has 0 heterocycles. The number of aliphatic hydroxyl groups is 1. The van der Waals surface area contributed by atoms with Gasteiger partial charge in [-0.25, -0.2) is 0 Å². The third-order valence-corrected chi connectivity index (χ3v) is 10.2. The average Bonchev–Trinajstić information content (AvgIpc) is 3.06. The molecule has 0 aromatic heterocycles. The second-order valence-electron chi connectivity index (χ2n) is 11.6. The van der Waals surface area contributed by atoms with Crippen molar-refractivity contribution in [3.63, 3.8) is 0 Å². The molecule has 4 aromatic carbocycles. The molecule has 0 spiro atoms. The van der Waals surface area contributed by atoms with Crippen LogP contribution in [0.2, 0.25) is 0 Å². The summed E-state index contributed by atoms with van der Waals surface area (Å²) >= 11 is 0. The standard InChI is InChI=1S/C24H20B.C15H33OP/c1-5-13-21(14-6-1)25(22-15-7-2-8-16-22,23-17-9-3-10-18-23)24-19-11-4-12-20-24;1-2-3-4-5-6-7-8-9-10-11-14-17-15-12-13-16/h1-20H;16-17H,2-15H2,1H3/q-1;/p+1. The van der Waals surface area contributed by atoms with Crippen LogP contribution in [0, 0.1) is 0 Å². The molecule has 42 heavy (non-hydrogen) atoms. The van der Waals surface area contributed by atoms with Gasteiger partial charge in [0, 0.05) is 13.0 Å². The molecule has 1 atom stereocenters. The maximum Gasteiger partial charge on any atom is 0.108 e. The van der Waals surface area contributed by atoms with Gasteiger partial charge in [0.15, 0.2) is 0 Å². The summed E-state index contributed by atoms with van der Waals surface area (Å²) in [5.41, 5.74) is 5.36. The van der Waals surface area contributed by atoms with Gasteiger partial charge in [0.1, 0.15) is 6.15 Å². The zero-order valence-corrected chi connectivity index (χ0v) is 27.2. The van der Waals surface area contributed by atoms with Gasteiger partial charge >= 0.3 is 0 Å². The first kappa shape index (κ1) is 33.8. The number of hydrogen-bond acceptors (Lipinski definition) is 1. The van der Waals surface area contributed by atoms with E-state index in [1.54, 1.807) is 0 Å². The van der Waals surface area contributed by atoms with E-state index in [1.807, 2.05) is 0 Å². The van der Waals surface area contributed by atoms with Crippen LogP contribution >= 0.6 is 8.58 Å². The summed E-state index contributed by atoms with van der Waals surface area (Å²) in [5.74, 6) is 0. The molecule has 0 aliphatic carbocycles. The van der Waals surface area contributed by atoms with Gasteiger partial charge in [0.2, 0.25) is 0 Å². The number of aliphatic hydroxyl groups excluding tert-OH is 1. The fraction of sp³-hybridized carbons (Fsp3) is 0.385. The van der Waals surface area contributed by atoms with E-state index in [-0.39, 0.29) is 0 Å². The summed E-state index contributed by atoms with van der Waals surface area (Å²) in [7, 11) is 0.639. The Morgan fingerprint density at radius 2 is 0.738 bits per heavy atom. The van der Waals surface area contributed by atoms with Crippen molar-refractivity contribution in [2.45, 2.75) is 77.6 Å². The van der Waals surface area contributed by atoms with Crippen LogP contribution in [0.25, 0.3) is 0 Å². The number of rotatable bonds is 18. The molecule has 0 saturated heterocycles. The SMILES string of the molecule is CCCCCCCCCCCC[PH2+]CCCO.c1ccc([B-](c2ccccc2)(c2ccccc2)c2ccccc2)cc1. The third kappa shape index (κ3) is 10.9. The summed E-state index contributed by atoms with van der Waals surface area (Å²) in [6.45, 7) is 2.67. The summed E-state index contributed by atoms with van der Waals surface area (Å²) in [4.78, 5) is 0. The number of unbranched alkanes of at least 4 members (excludes halogenated alkanes) is 9. The zero-order valence-electron chi connectivity index (χ0n) is 26.0. The molecule has 0 aliphatic heterocycles. The highest BCUT2D eigenvalue weighted by atomic mass is 31.1. The van der Waals surface area contributed by atoms with Crippen molar-refractivity contribution in [1.82, 2.24) is 0 Å². The molecule has 224 valence electrons. The molecule has 1 unspecified atom stereocenters. The lowest BCUT2D eigenvalue weighted by Gasteiger charge is -2.44. The van der Waals surface area contributed by atoms with E-state index < -0.39 is 6.15 Å². The van der Waals surface area contributed by atoms with Crippen LogP contribution in [-0.4, -0.2) is 30.2 Å². The Balaban J connectivity index is 0.000000252. The zero-order chi connectivity index (χ0) is 29.6. The Bertz CT molecular complexity index is 991. The Morgan fingerprint density at radius 3 is 1.07 bits per heavy atom. The van der Waals surface area contributed by atoms with Crippen molar-refractivity contribution in [1.29, 1.82) is 0 Å². The van der Waals surface area contributed by atoms with Crippen molar-refractivity contribution in [2.75, 3.05) is 18.9 Å². The number of benzene rings is 4. The van der Waals surface area contributed by atoms with Crippen LogP contribution < -0.4 is 21.9 Å². The second-order valence-corrected chi connectivity index (χ2v) is 13.4. The minimum atomic E-state index is -1.22. The summed E-state index contributed by atoms with van der Waals surface area (Å²) in [6.07, 6.45) is 17.0. The third-order valence-electron chi connectivity index (χ3n) is 8.53. The summed E-state index contributed by atoms with van der Waals surface area (Å²) in [5, 5.41) is 8.66. The molecule has 0 aliphatic rings. The average molecular weight is 581 g/mol. The fourth-order valence-electron chi connectivity index (χ4n) is 6.28. The normalized spacial score (nSPS) is 11.4. The minimum Gasteiger partial charge on any atom is -0.396 e. The van der Waals surface area contributed by atoms with E-state index in [0.717, 1.165) is 6.42 Å². The monoisotopic (exact) mass is 580 g/mol. The van der Waals surface area contributed by atoms with Crippen molar-refractivity contribution < 1.29 is 5.11 Å². The van der Waals surface area contributed by atoms with Crippen molar-refractivity contribution in [2.24, 2.45) is 0 Å². The van der Waals surface area contributed by atoms with Gasteiger partial charge in [-0.15, -0.1) is 0 Å². The first-order valence-electron chi connectivity index (χ1n) is 16.6. The highest BCUT2D eigenvalue weighted by molar-refractivity contribution is 7.37. The van der Waals surface area contributed by atoms with Crippen LogP contribution in [0.4, 0.5) is 0 Å². The molecule has 4 aromatic rings. The van der Waals surface area contributed by atoms with Gasteiger partial charge in [0.25, 0.3) is 0 Å². The van der Waals surface area contributed by atoms with Crippen LogP contribution in [0.1, 0.15) is 77.6 Å². The topological polar surface area (TPSA) is 20.2 Å². The second kappa shape index (κ2) is 21.1. The predicted molar refractivity (Wildman–Crippen MR) is 193 cm³/mol. The van der Waals surface area contributed by atoms with Crippen LogP contribution in [0.3, 0.4) is 0 Å². The lowest BCUT2D eigenvalue weighted by molar-refractivity contribution is 0.296. The fourth-order valence-corrected chi connectivity index (χ4v) is 7.61. The minimum absolute atomic E-state index is 0.394. The van der Waals surface area contributed by atoms with E-state index in [9.17, 15) is 0 Å². The van der Waals surface area contributed by atoms with Gasteiger partial charge in [-0.05, 0) is 21.4 Å². The lowest BCUT2D eigenvalue weighted by atomic mass is 9.13. The first-order chi connectivity index (χ1) is 20.8. The molecule has 1 nitrogen and oxygen atoms in total. The van der Waals surface area contributed by atoms with Crippen molar-refractivity contribution in [3.8, 4) is 0 Å². The molecule has 0 amide bonds. The van der Waals surface area contributed by atoms with Gasteiger partial charge in [0.05, 0.1) is 12.3 Å². The van der Waals surface area contributed by atoms with Gasteiger partial charge < -0.3 is 5.11 Å². The highest BCUT2D eigenvalue weighted by Gasteiger charge is 2.31. The highest BCUT2D eigenvalue weighted by Crippen LogP contribution is 2.16. The van der Waals surface area contributed by atoms with E-state index in [0.29, 0.717) is 15.2 Å². The summed E-state index contributed by atoms with van der Waals surface area (Å²) < 4.78 is 0. The van der Waals surface area contributed by atoms with Gasteiger partial charge in [-0.3, -0.25) is 0 Å². The maximum absolute atomic E-state index is 8.66. The molecule has 0 fully saturated rings. The molecule has 4 rings (SSSR count). The van der Waals surface area contributed by atoms with Crippen LogP contribution in [0.15, 0.2) is 121 Å². The Kier molecular flexibility index (Phi) is 17.0. The summed E-state index contributed by atoms with van der Waals surface area (Å²) in [6, 6.07) is 43.5. The molecule has 3 heteroatoms. The molecular weight excluding hydrogens is 526 g/mol. The smallest absolute Gasteiger partial charge is 0.108 e. The molecule has 0 saturated carbocycles. The van der Waals surface area contributed by atoms with Crippen LogP contribution in [0.5, 0.6) is 0 Å². The largest absolute Gasteiger partial charge is 0.396 e. The van der Waals surface area contributed by atoms with E-state index in [1.165, 1.54) is 98.4 Å². The maximum atomic E-state index is 8.66. The molecule has 0 radical (unpaired) electrons. The molecule has 1 N–H and O–H groups in total. The van der Waals surface area contributed by atoms with Gasteiger partial charge in [-0.2, -0.15) is 21.9 Å². The van der Waals surface area contributed by atoms with E-state index >= 15 is 0 Å². The van der Waals surface area contributed by atoms with Crippen molar-refractivity contribution >= 4 is 36.6 Å². The Hall–Kier alpha value is -2.67. The Morgan fingerprint density at radius 1 is 0.429 bits per heavy atom. The quantitative estimate of drug-likeness (QED) is 0.0725. The van der Waals surface area contributed by atoms with Crippen molar-refractivity contribution in [3.05, 3.63) is 121 Å². The predicted octanol–water partition coefficient (Wildman–Crippen LogP) is 7.76. The van der Waals surface area contributed by atoms with E-state index in [4.69, 9.17) is 5.11 Å². The molecular formula is C39H54BOP. The van der Waals surface area contributed by atoms with E-state index in [2.05, 4.69) is 128 Å². The first-order valence-corrected chi connectivity index (χ1v) is 18.3. The van der Waals surface area contributed by atoms with Crippen LogP contribution in [-0.2, 0) is 0 Å².